The number of imidazole rings is 3. The summed E-state index contributed by atoms with van der Waals surface area (Å²) in [6, 6.07) is 46.6. The first-order chi connectivity index (χ1) is 32.6. The molecule has 15 nitrogen and oxygen atoms in total. The fourth-order valence-electron chi connectivity index (χ4n) is 8.30. The largest absolute Gasteiger partial charge is 0.294 e. The minimum Gasteiger partial charge on any atom is -0.291 e. The van der Waals surface area contributed by atoms with Gasteiger partial charge in [-0.2, -0.15) is 29.5 Å². The lowest BCUT2D eigenvalue weighted by atomic mass is 10.0. The highest BCUT2D eigenvalue weighted by molar-refractivity contribution is 7.85. The maximum Gasteiger partial charge on any atom is 0.294 e. The average molecular weight is 885 g/mol. The normalized spacial score (nSPS) is 11.1. The second kappa shape index (κ2) is 15.9. The summed E-state index contributed by atoms with van der Waals surface area (Å²) in [6.45, 7) is 15.9. The van der Waals surface area contributed by atoms with Crippen molar-refractivity contribution in [2.24, 2.45) is 0 Å². The summed E-state index contributed by atoms with van der Waals surface area (Å²) in [7, 11) is -4.63. The second-order valence-electron chi connectivity index (χ2n) is 14.9. The van der Waals surface area contributed by atoms with E-state index in [-0.39, 0.29) is 55.7 Å². The molecule has 3 aromatic heterocycles. The molecule has 0 aliphatic rings. The second-order valence-corrected chi connectivity index (χ2v) is 16.4. The van der Waals surface area contributed by atoms with Gasteiger partial charge in [0.2, 0.25) is 0 Å². The van der Waals surface area contributed by atoms with Gasteiger partial charge in [-0.1, -0.05) is 54.6 Å². The topological polar surface area (TPSA) is 212 Å². The molecule has 16 heteroatoms. The SMILES string of the molecule is [C-]#[N+]c1ccc(-c2nc3c(c4nc(-c5ccc(C#N)cc5C#N)n(-c5ccc(S(=O)(=O)O)cc5)c4c4nc(-c5ccc(C#N)cc5[N+]#[C-])n(-c5ccccc5)c34)n2-c2ccccc2)c(C#N)c1. The molecular formula is C51H24N12O3S. The highest BCUT2D eigenvalue weighted by Gasteiger charge is 2.32. The molecule has 1 N–H and O–H groups in total. The van der Waals surface area contributed by atoms with Crippen LogP contribution in [-0.2, 0) is 10.1 Å². The number of hydrogen-bond acceptors (Lipinski definition) is 9. The van der Waals surface area contributed by atoms with Gasteiger partial charge < -0.3 is 0 Å². The molecule has 312 valence electrons. The zero-order chi connectivity index (χ0) is 46.6. The Bertz CT molecular complexity index is 4060. The number of nitrogens with zero attached hydrogens (tertiary/aromatic N) is 12. The van der Waals surface area contributed by atoms with Gasteiger partial charge in [0.25, 0.3) is 10.1 Å². The summed E-state index contributed by atoms with van der Waals surface area (Å²) in [4.78, 5) is 23.1. The number of fused-ring (bicyclic) bond motifs is 6. The highest BCUT2D eigenvalue weighted by atomic mass is 32.2. The molecule has 0 amide bonds. The lowest BCUT2D eigenvalue weighted by Crippen LogP contribution is -2.02. The molecule has 0 radical (unpaired) electrons. The van der Waals surface area contributed by atoms with Crippen LogP contribution in [0, 0.1) is 58.5 Å². The van der Waals surface area contributed by atoms with Gasteiger partial charge in [0.05, 0.1) is 59.0 Å². The minimum atomic E-state index is -4.63. The van der Waals surface area contributed by atoms with Crippen molar-refractivity contribution < 1.29 is 13.0 Å². The zero-order valence-electron chi connectivity index (χ0n) is 34.3. The Labute approximate surface area is 380 Å². The van der Waals surface area contributed by atoms with E-state index in [2.05, 4.69) is 34.0 Å². The van der Waals surface area contributed by atoms with E-state index in [1.807, 2.05) is 69.8 Å². The molecular weight excluding hydrogens is 861 g/mol. The van der Waals surface area contributed by atoms with Crippen LogP contribution < -0.4 is 0 Å². The average Bonchev–Trinajstić information content (AvgIpc) is 4.08. The van der Waals surface area contributed by atoms with Crippen molar-refractivity contribution in [2.75, 3.05) is 0 Å². The summed E-state index contributed by atoms with van der Waals surface area (Å²) in [5.74, 6) is 0.768. The summed E-state index contributed by atoms with van der Waals surface area (Å²) >= 11 is 0. The first kappa shape index (κ1) is 40.8. The maximum atomic E-state index is 12.4. The molecule has 0 saturated carbocycles. The van der Waals surface area contributed by atoms with Gasteiger partial charge >= 0.3 is 0 Å². The molecule has 0 saturated heterocycles. The van der Waals surface area contributed by atoms with E-state index < -0.39 is 10.1 Å². The van der Waals surface area contributed by atoms with Crippen LogP contribution >= 0.6 is 0 Å². The quantitative estimate of drug-likeness (QED) is 0.118. The Balaban J connectivity index is 1.52. The Hall–Kier alpha value is -10.2. The Morgan fingerprint density at radius 3 is 1.37 bits per heavy atom. The molecule has 10 aromatic rings. The van der Waals surface area contributed by atoms with Crippen molar-refractivity contribution >= 4 is 54.6 Å². The predicted octanol–water partition coefficient (Wildman–Crippen LogP) is 10.5. The fourth-order valence-corrected chi connectivity index (χ4v) is 8.78. The van der Waals surface area contributed by atoms with Gasteiger partial charge in [-0.05, 0) is 84.9 Å². The molecule has 0 bridgehead atoms. The van der Waals surface area contributed by atoms with Crippen molar-refractivity contribution in [3.8, 4) is 75.5 Å². The standard InChI is InChI=1S/C51H24N12O3S/c1-56-34-15-22-40(33(25-34)29-55)50-59-43-46(61(50)35-9-5-3-6-10-35)44-48(45-47(43)62(36-11-7-4-8-12-36)51(60-45)41-21-14-31(27-53)24-42(41)57-2)63(37-16-18-38(19-17-37)67(64,65)66)49(58-44)39-20-13-30(26-52)23-32(39)28-54/h3-25H,(H,64,65,66). The van der Waals surface area contributed by atoms with Gasteiger partial charge in [0.1, 0.15) is 50.6 Å². The smallest absolute Gasteiger partial charge is 0.291 e. The molecule has 10 rings (SSSR count). The van der Waals surface area contributed by atoms with E-state index in [0.29, 0.717) is 67.2 Å². The number of nitriles is 4. The number of benzene rings is 7. The van der Waals surface area contributed by atoms with E-state index >= 15 is 0 Å². The van der Waals surface area contributed by atoms with E-state index in [1.165, 1.54) is 42.5 Å². The van der Waals surface area contributed by atoms with Crippen LogP contribution in [0.4, 0.5) is 11.4 Å². The van der Waals surface area contributed by atoms with Crippen LogP contribution in [0.5, 0.6) is 0 Å². The van der Waals surface area contributed by atoms with Crippen LogP contribution in [0.15, 0.2) is 144 Å². The van der Waals surface area contributed by atoms with Crippen LogP contribution in [0.25, 0.3) is 94.0 Å². The van der Waals surface area contributed by atoms with Crippen molar-refractivity contribution in [1.82, 2.24) is 28.7 Å². The fraction of sp³-hybridized carbons (Fsp3) is 0. The lowest BCUT2D eigenvalue weighted by molar-refractivity contribution is 0.483. The predicted molar refractivity (Wildman–Crippen MR) is 248 cm³/mol. The van der Waals surface area contributed by atoms with Crippen LogP contribution in [0.1, 0.15) is 22.3 Å². The van der Waals surface area contributed by atoms with Crippen LogP contribution in [-0.4, -0.2) is 41.6 Å². The lowest BCUT2D eigenvalue weighted by Gasteiger charge is -2.13. The monoisotopic (exact) mass is 884 g/mol. The number of aromatic nitrogens is 6. The van der Waals surface area contributed by atoms with Crippen LogP contribution in [0.2, 0.25) is 0 Å². The number of hydrogen-bond donors (Lipinski definition) is 1. The maximum absolute atomic E-state index is 12.4. The molecule has 0 unspecified atom stereocenters. The Morgan fingerprint density at radius 1 is 0.493 bits per heavy atom. The van der Waals surface area contributed by atoms with Gasteiger partial charge in [-0.3, -0.25) is 18.3 Å². The summed E-state index contributed by atoms with van der Waals surface area (Å²) in [6.07, 6.45) is 0. The van der Waals surface area contributed by atoms with Crippen molar-refractivity contribution in [3.63, 3.8) is 0 Å². The van der Waals surface area contributed by atoms with E-state index in [0.717, 1.165) is 0 Å². The van der Waals surface area contributed by atoms with E-state index in [4.69, 9.17) is 28.1 Å². The first-order valence-electron chi connectivity index (χ1n) is 20.0. The third-order valence-electron chi connectivity index (χ3n) is 11.2. The third-order valence-corrected chi connectivity index (χ3v) is 12.1. The summed E-state index contributed by atoms with van der Waals surface area (Å²) in [5, 5.41) is 40.8. The molecule has 3 heterocycles. The third kappa shape index (κ3) is 6.57. The van der Waals surface area contributed by atoms with Crippen molar-refractivity contribution in [3.05, 3.63) is 185 Å². The first-order valence-corrected chi connectivity index (χ1v) is 21.4. The van der Waals surface area contributed by atoms with Gasteiger partial charge in [0.15, 0.2) is 11.4 Å². The van der Waals surface area contributed by atoms with Gasteiger partial charge in [-0.25, -0.2) is 24.6 Å². The van der Waals surface area contributed by atoms with Crippen LogP contribution in [0.3, 0.4) is 0 Å². The Morgan fingerprint density at radius 2 is 0.925 bits per heavy atom. The molecule has 0 atom stereocenters. The Kier molecular flexibility index (Phi) is 9.67. The molecule has 67 heavy (non-hydrogen) atoms. The zero-order valence-corrected chi connectivity index (χ0v) is 35.1. The molecule has 7 aromatic carbocycles. The number of rotatable bonds is 7. The summed E-state index contributed by atoms with van der Waals surface area (Å²) in [5.41, 5.74) is 5.86. The molecule has 0 aliphatic heterocycles. The molecule has 0 spiro atoms. The molecule has 0 aliphatic carbocycles. The number of para-hydroxylation sites is 2. The minimum absolute atomic E-state index is 0.100. The molecule has 0 fully saturated rings. The summed E-state index contributed by atoms with van der Waals surface area (Å²) < 4.78 is 40.1. The van der Waals surface area contributed by atoms with Crippen molar-refractivity contribution in [2.45, 2.75) is 4.90 Å². The van der Waals surface area contributed by atoms with Gasteiger partial charge in [-0.15, -0.1) is 0 Å². The highest BCUT2D eigenvalue weighted by Crippen LogP contribution is 2.46. The van der Waals surface area contributed by atoms with E-state index in [9.17, 15) is 34.0 Å². The van der Waals surface area contributed by atoms with Crippen molar-refractivity contribution in [1.29, 1.82) is 21.0 Å². The van der Waals surface area contributed by atoms with Gasteiger partial charge in [0, 0.05) is 39.3 Å². The van der Waals surface area contributed by atoms with E-state index in [1.54, 1.807) is 41.0 Å².